The molecule has 1 heterocycles. The summed E-state index contributed by atoms with van der Waals surface area (Å²) < 4.78 is 11.2. The van der Waals surface area contributed by atoms with Gasteiger partial charge in [-0.05, 0) is 38.0 Å². The van der Waals surface area contributed by atoms with Gasteiger partial charge in [0.2, 0.25) is 11.7 Å². The second kappa shape index (κ2) is 8.69. The van der Waals surface area contributed by atoms with E-state index in [1.807, 2.05) is 69.3 Å². The summed E-state index contributed by atoms with van der Waals surface area (Å²) in [6.07, 6.45) is 0.00142. The third kappa shape index (κ3) is 4.76. The number of nitrogens with zero attached hydrogens (tertiary/aromatic N) is 3. The Morgan fingerprint density at radius 1 is 1.14 bits per heavy atom. The number of amides is 1. The summed E-state index contributed by atoms with van der Waals surface area (Å²) in [6.45, 7) is 6.16. The molecule has 0 N–H and O–H groups in total. The second-order valence-electron chi connectivity index (χ2n) is 6.90. The molecule has 0 bridgehead atoms. The van der Waals surface area contributed by atoms with Gasteiger partial charge in [0.1, 0.15) is 5.75 Å². The van der Waals surface area contributed by atoms with E-state index in [0.717, 1.165) is 16.7 Å². The molecule has 1 aromatic heterocycles. The molecular weight excluding hydrogens is 354 g/mol. The van der Waals surface area contributed by atoms with Crippen LogP contribution in [0.25, 0.3) is 11.4 Å². The van der Waals surface area contributed by atoms with Gasteiger partial charge in [0.15, 0.2) is 6.10 Å². The van der Waals surface area contributed by atoms with Crippen molar-refractivity contribution in [1.82, 2.24) is 15.0 Å². The van der Waals surface area contributed by atoms with Crippen LogP contribution in [0.4, 0.5) is 0 Å². The van der Waals surface area contributed by atoms with E-state index in [1.165, 1.54) is 0 Å². The zero-order valence-corrected chi connectivity index (χ0v) is 16.7. The Bertz CT molecular complexity index is 934. The largest absolute Gasteiger partial charge is 0.481 e. The van der Waals surface area contributed by atoms with Crippen molar-refractivity contribution in [3.8, 4) is 17.1 Å². The zero-order chi connectivity index (χ0) is 20.1. The van der Waals surface area contributed by atoms with Gasteiger partial charge in [-0.15, -0.1) is 0 Å². The van der Waals surface area contributed by atoms with E-state index in [2.05, 4.69) is 10.1 Å². The third-order valence-electron chi connectivity index (χ3n) is 4.44. The molecule has 6 heteroatoms. The third-order valence-corrected chi connectivity index (χ3v) is 4.44. The Balaban J connectivity index is 1.65. The van der Waals surface area contributed by atoms with E-state index >= 15 is 0 Å². The van der Waals surface area contributed by atoms with Gasteiger partial charge in [-0.3, -0.25) is 4.79 Å². The van der Waals surface area contributed by atoms with Crippen LogP contribution in [0.15, 0.2) is 53.1 Å². The fourth-order valence-electron chi connectivity index (χ4n) is 2.83. The zero-order valence-electron chi connectivity index (χ0n) is 16.7. The van der Waals surface area contributed by atoms with Crippen molar-refractivity contribution in [3.05, 3.63) is 65.5 Å². The van der Waals surface area contributed by atoms with Crippen LogP contribution in [0.2, 0.25) is 0 Å². The molecule has 0 unspecified atom stereocenters. The number of likely N-dealkylation sites (N-methyl/N-ethyl adjacent to an activating group) is 1. The Labute approximate surface area is 165 Å². The molecule has 0 fully saturated rings. The number of hydrogen-bond donors (Lipinski definition) is 0. The van der Waals surface area contributed by atoms with Crippen molar-refractivity contribution in [2.75, 3.05) is 7.05 Å². The first-order valence-corrected chi connectivity index (χ1v) is 9.34. The minimum Gasteiger partial charge on any atom is -0.481 e. The SMILES string of the molecule is CC[C@@H](Oc1cccc(C)c1)C(=O)N(C)Cc1nc(-c2ccc(C)cc2)no1. The fraction of sp³-hybridized carbons (Fsp3) is 0.318. The van der Waals surface area contributed by atoms with Crippen LogP contribution in [-0.2, 0) is 11.3 Å². The van der Waals surface area contributed by atoms with Gasteiger partial charge < -0.3 is 14.2 Å². The normalized spacial score (nSPS) is 11.9. The van der Waals surface area contributed by atoms with Gasteiger partial charge in [0, 0.05) is 12.6 Å². The van der Waals surface area contributed by atoms with Crippen molar-refractivity contribution in [1.29, 1.82) is 0 Å². The average molecular weight is 379 g/mol. The molecule has 0 aliphatic heterocycles. The molecule has 0 aliphatic rings. The summed E-state index contributed by atoms with van der Waals surface area (Å²) in [5.41, 5.74) is 3.13. The monoisotopic (exact) mass is 379 g/mol. The summed E-state index contributed by atoms with van der Waals surface area (Å²) in [4.78, 5) is 18.7. The number of aromatic nitrogens is 2. The highest BCUT2D eigenvalue weighted by molar-refractivity contribution is 5.81. The van der Waals surface area contributed by atoms with Gasteiger partial charge in [0.05, 0.1) is 6.54 Å². The molecule has 3 rings (SSSR count). The first-order valence-electron chi connectivity index (χ1n) is 9.34. The minimum absolute atomic E-state index is 0.126. The lowest BCUT2D eigenvalue weighted by Crippen LogP contribution is -2.39. The first-order chi connectivity index (χ1) is 13.5. The number of aryl methyl sites for hydroxylation is 2. The fourth-order valence-corrected chi connectivity index (χ4v) is 2.83. The molecule has 28 heavy (non-hydrogen) atoms. The maximum atomic E-state index is 12.8. The van der Waals surface area contributed by atoms with E-state index < -0.39 is 6.10 Å². The van der Waals surface area contributed by atoms with Crippen LogP contribution in [0.1, 0.15) is 30.4 Å². The van der Waals surface area contributed by atoms with Crippen LogP contribution >= 0.6 is 0 Å². The summed E-state index contributed by atoms with van der Waals surface area (Å²) in [7, 11) is 1.71. The number of carbonyl (C=O) groups excluding carboxylic acids is 1. The summed E-state index contributed by atoms with van der Waals surface area (Å²) in [5, 5.41) is 4.02. The van der Waals surface area contributed by atoms with Gasteiger partial charge in [0.25, 0.3) is 5.91 Å². The second-order valence-corrected chi connectivity index (χ2v) is 6.90. The molecule has 146 valence electrons. The van der Waals surface area contributed by atoms with Crippen LogP contribution in [0, 0.1) is 13.8 Å². The molecule has 0 saturated heterocycles. The number of rotatable bonds is 7. The van der Waals surface area contributed by atoms with Crippen molar-refractivity contribution in [2.45, 2.75) is 39.8 Å². The summed E-state index contributed by atoms with van der Waals surface area (Å²) in [6, 6.07) is 15.6. The lowest BCUT2D eigenvalue weighted by Gasteiger charge is -2.22. The maximum absolute atomic E-state index is 12.8. The van der Waals surface area contributed by atoms with Crippen LogP contribution in [0.5, 0.6) is 5.75 Å². The Morgan fingerprint density at radius 3 is 2.57 bits per heavy atom. The molecule has 3 aromatic rings. The van der Waals surface area contributed by atoms with E-state index in [9.17, 15) is 4.79 Å². The number of hydrogen-bond acceptors (Lipinski definition) is 5. The number of benzene rings is 2. The predicted octanol–water partition coefficient (Wildman–Crippen LogP) is 4.17. The molecule has 1 atom stereocenters. The molecule has 0 spiro atoms. The van der Waals surface area contributed by atoms with Gasteiger partial charge in [-0.25, -0.2) is 0 Å². The molecule has 1 amide bonds. The standard InChI is InChI=1S/C22H25N3O3/c1-5-19(27-18-8-6-7-16(3)13-18)22(26)25(4)14-20-23-21(24-28-20)17-11-9-15(2)10-12-17/h6-13,19H,5,14H2,1-4H3/t19-/m1/s1. The van der Waals surface area contributed by atoms with Gasteiger partial charge in [-0.1, -0.05) is 54.0 Å². The summed E-state index contributed by atoms with van der Waals surface area (Å²) >= 11 is 0. The van der Waals surface area contributed by atoms with E-state index in [0.29, 0.717) is 23.9 Å². The van der Waals surface area contributed by atoms with E-state index in [4.69, 9.17) is 9.26 Å². The first kappa shape index (κ1) is 19.6. The van der Waals surface area contributed by atoms with Crippen LogP contribution in [-0.4, -0.2) is 34.1 Å². The lowest BCUT2D eigenvalue weighted by molar-refractivity contribution is -0.138. The van der Waals surface area contributed by atoms with Crippen molar-refractivity contribution in [2.24, 2.45) is 0 Å². The van der Waals surface area contributed by atoms with Crippen LogP contribution in [0.3, 0.4) is 0 Å². The maximum Gasteiger partial charge on any atom is 0.263 e. The smallest absolute Gasteiger partial charge is 0.263 e. The van der Waals surface area contributed by atoms with Crippen molar-refractivity contribution < 1.29 is 14.1 Å². The van der Waals surface area contributed by atoms with Crippen molar-refractivity contribution in [3.63, 3.8) is 0 Å². The minimum atomic E-state index is -0.564. The van der Waals surface area contributed by atoms with E-state index in [-0.39, 0.29) is 12.5 Å². The van der Waals surface area contributed by atoms with Gasteiger partial charge in [-0.2, -0.15) is 4.98 Å². The van der Waals surface area contributed by atoms with Crippen LogP contribution < -0.4 is 4.74 Å². The highest BCUT2D eigenvalue weighted by Crippen LogP contribution is 2.19. The molecular formula is C22H25N3O3. The molecule has 6 nitrogen and oxygen atoms in total. The Hall–Kier alpha value is -3.15. The molecule has 0 radical (unpaired) electrons. The van der Waals surface area contributed by atoms with E-state index in [1.54, 1.807) is 11.9 Å². The lowest BCUT2D eigenvalue weighted by atomic mass is 10.1. The van der Waals surface area contributed by atoms with Gasteiger partial charge >= 0.3 is 0 Å². The molecule has 0 aliphatic carbocycles. The molecule has 0 saturated carbocycles. The topological polar surface area (TPSA) is 68.5 Å². The average Bonchev–Trinajstić information content (AvgIpc) is 3.14. The summed E-state index contributed by atoms with van der Waals surface area (Å²) in [5.74, 6) is 1.46. The Kier molecular flexibility index (Phi) is 6.09. The molecule has 2 aromatic carbocycles. The highest BCUT2D eigenvalue weighted by Gasteiger charge is 2.24. The van der Waals surface area contributed by atoms with Crippen molar-refractivity contribution >= 4 is 5.91 Å². The predicted molar refractivity (Wildman–Crippen MR) is 107 cm³/mol. The quantitative estimate of drug-likeness (QED) is 0.616. The number of ether oxygens (including phenoxy) is 1. The Morgan fingerprint density at radius 2 is 1.89 bits per heavy atom. The highest BCUT2D eigenvalue weighted by atomic mass is 16.5. The number of carbonyl (C=O) groups is 1.